The number of nitrogens with one attached hydrogen (secondary N) is 1. The highest BCUT2D eigenvalue weighted by molar-refractivity contribution is 5.93. The van der Waals surface area contributed by atoms with E-state index in [0.29, 0.717) is 13.0 Å². The molecule has 4 nitrogen and oxygen atoms in total. The summed E-state index contributed by atoms with van der Waals surface area (Å²) in [5.74, 6) is -0.0569. The summed E-state index contributed by atoms with van der Waals surface area (Å²) >= 11 is 0. The summed E-state index contributed by atoms with van der Waals surface area (Å²) in [4.78, 5) is 15.1. The lowest BCUT2D eigenvalue weighted by atomic mass is 9.96. The molecule has 3 aromatic rings. The Morgan fingerprint density at radius 2 is 1.50 bits per heavy atom. The van der Waals surface area contributed by atoms with Crippen LogP contribution in [-0.4, -0.2) is 35.6 Å². The molecule has 2 N–H and O–H groups in total. The van der Waals surface area contributed by atoms with Crippen molar-refractivity contribution in [3.63, 3.8) is 0 Å². The molecule has 0 aliphatic carbocycles. The first-order valence-electron chi connectivity index (χ1n) is 10.4. The van der Waals surface area contributed by atoms with Gasteiger partial charge in [-0.2, -0.15) is 0 Å². The van der Waals surface area contributed by atoms with Crippen molar-refractivity contribution in [2.45, 2.75) is 26.3 Å². The van der Waals surface area contributed by atoms with Gasteiger partial charge in [-0.1, -0.05) is 72.8 Å². The minimum Gasteiger partial charge on any atom is -0.396 e. The van der Waals surface area contributed by atoms with Crippen LogP contribution in [0.5, 0.6) is 0 Å². The Balaban J connectivity index is 1.88. The van der Waals surface area contributed by atoms with Gasteiger partial charge >= 0.3 is 0 Å². The third kappa shape index (κ3) is 5.56. The van der Waals surface area contributed by atoms with Crippen molar-refractivity contribution in [2.24, 2.45) is 0 Å². The maximum absolute atomic E-state index is 13.0. The molecule has 0 radical (unpaired) electrons. The van der Waals surface area contributed by atoms with Crippen LogP contribution in [0.25, 0.3) is 0 Å². The van der Waals surface area contributed by atoms with Gasteiger partial charge < -0.3 is 10.4 Å². The van der Waals surface area contributed by atoms with Gasteiger partial charge in [-0.3, -0.25) is 9.69 Å². The van der Waals surface area contributed by atoms with E-state index < -0.39 is 0 Å². The number of carbonyl (C=O) groups excluding carboxylic acids is 1. The first-order valence-corrected chi connectivity index (χ1v) is 10.4. The molecule has 3 aromatic carbocycles. The SMILES string of the molecule is Cc1cccc(NC(=O)CN(CCCO)C(c2ccccc2)c2ccccc2)c1C. The number of benzene rings is 3. The largest absolute Gasteiger partial charge is 0.396 e. The standard InChI is InChI=1S/C26H30N2O2/c1-20-11-9-16-24(21(20)2)27-25(30)19-28(17-10-18-29)26(22-12-5-3-6-13-22)23-14-7-4-8-15-23/h3-9,11-16,26,29H,10,17-19H2,1-2H3,(H,27,30). The predicted octanol–water partition coefficient (Wildman–Crippen LogP) is 4.72. The summed E-state index contributed by atoms with van der Waals surface area (Å²) in [6.07, 6.45) is 0.604. The smallest absolute Gasteiger partial charge is 0.238 e. The van der Waals surface area contributed by atoms with Gasteiger partial charge in [0, 0.05) is 18.8 Å². The lowest BCUT2D eigenvalue weighted by Crippen LogP contribution is -2.38. The van der Waals surface area contributed by atoms with E-state index in [1.807, 2.05) is 68.4 Å². The van der Waals surface area contributed by atoms with Crippen molar-refractivity contribution < 1.29 is 9.90 Å². The van der Waals surface area contributed by atoms with Crippen molar-refractivity contribution in [3.05, 3.63) is 101 Å². The molecule has 4 heteroatoms. The van der Waals surface area contributed by atoms with E-state index in [-0.39, 0.29) is 25.1 Å². The molecule has 0 saturated heterocycles. The Morgan fingerprint density at radius 3 is 2.07 bits per heavy atom. The Morgan fingerprint density at radius 1 is 0.900 bits per heavy atom. The monoisotopic (exact) mass is 402 g/mol. The summed E-state index contributed by atoms with van der Waals surface area (Å²) in [7, 11) is 0. The third-order valence-corrected chi connectivity index (χ3v) is 5.42. The van der Waals surface area contributed by atoms with E-state index in [9.17, 15) is 9.90 Å². The number of carbonyl (C=O) groups is 1. The van der Waals surface area contributed by atoms with E-state index >= 15 is 0 Å². The summed E-state index contributed by atoms with van der Waals surface area (Å²) in [5.41, 5.74) is 5.33. The van der Waals surface area contributed by atoms with Crippen molar-refractivity contribution in [1.82, 2.24) is 4.90 Å². The molecule has 30 heavy (non-hydrogen) atoms. The van der Waals surface area contributed by atoms with Crippen LogP contribution in [-0.2, 0) is 4.79 Å². The molecule has 0 unspecified atom stereocenters. The molecule has 0 aliphatic rings. The fraction of sp³-hybridized carbons (Fsp3) is 0.269. The molecule has 0 heterocycles. The first-order chi connectivity index (χ1) is 14.6. The number of nitrogens with zero attached hydrogens (tertiary/aromatic N) is 1. The summed E-state index contributed by atoms with van der Waals surface area (Å²) in [5, 5.41) is 12.5. The van der Waals surface area contributed by atoms with Gasteiger partial charge in [-0.05, 0) is 48.6 Å². The lowest BCUT2D eigenvalue weighted by Gasteiger charge is -2.32. The average Bonchev–Trinajstić information content (AvgIpc) is 2.77. The molecular weight excluding hydrogens is 372 g/mol. The van der Waals surface area contributed by atoms with Crippen molar-refractivity contribution >= 4 is 11.6 Å². The predicted molar refractivity (Wildman–Crippen MR) is 123 cm³/mol. The number of hydrogen-bond acceptors (Lipinski definition) is 3. The lowest BCUT2D eigenvalue weighted by molar-refractivity contribution is -0.117. The zero-order chi connectivity index (χ0) is 21.3. The van der Waals surface area contributed by atoms with Gasteiger partial charge in [0.25, 0.3) is 0 Å². The van der Waals surface area contributed by atoms with E-state index in [1.54, 1.807) is 0 Å². The Hall–Kier alpha value is -2.95. The Kier molecular flexibility index (Phi) is 7.77. The molecule has 3 rings (SSSR count). The fourth-order valence-electron chi connectivity index (χ4n) is 3.72. The summed E-state index contributed by atoms with van der Waals surface area (Å²) in [6, 6.07) is 26.3. The topological polar surface area (TPSA) is 52.6 Å². The third-order valence-electron chi connectivity index (χ3n) is 5.42. The molecule has 0 aliphatic heterocycles. The number of aliphatic hydroxyl groups is 1. The Bertz CT molecular complexity index is 902. The fourth-order valence-corrected chi connectivity index (χ4v) is 3.72. The normalized spacial score (nSPS) is 11.1. The molecule has 0 bridgehead atoms. The highest BCUT2D eigenvalue weighted by Crippen LogP contribution is 2.29. The van der Waals surface area contributed by atoms with Gasteiger partial charge in [0.15, 0.2) is 0 Å². The highest BCUT2D eigenvalue weighted by atomic mass is 16.3. The molecule has 0 saturated carbocycles. The van der Waals surface area contributed by atoms with Crippen LogP contribution in [0.4, 0.5) is 5.69 Å². The van der Waals surface area contributed by atoms with Crippen LogP contribution in [0.1, 0.15) is 34.7 Å². The number of rotatable bonds is 9. The van der Waals surface area contributed by atoms with E-state index in [2.05, 4.69) is 34.5 Å². The van der Waals surface area contributed by atoms with Crippen molar-refractivity contribution in [2.75, 3.05) is 25.0 Å². The van der Waals surface area contributed by atoms with Crippen LogP contribution >= 0.6 is 0 Å². The molecule has 0 aromatic heterocycles. The van der Waals surface area contributed by atoms with Gasteiger partial charge in [-0.15, -0.1) is 0 Å². The quantitative estimate of drug-likeness (QED) is 0.545. The number of amides is 1. The molecule has 0 atom stereocenters. The van der Waals surface area contributed by atoms with E-state index in [0.717, 1.165) is 27.9 Å². The molecule has 0 spiro atoms. The summed E-state index contributed by atoms with van der Waals surface area (Å²) in [6.45, 7) is 5.00. The van der Waals surface area contributed by atoms with Crippen LogP contribution in [0.3, 0.4) is 0 Å². The van der Waals surface area contributed by atoms with E-state index in [1.165, 1.54) is 0 Å². The minimum absolute atomic E-state index is 0.0569. The van der Waals surface area contributed by atoms with Crippen LogP contribution in [0.15, 0.2) is 78.9 Å². The number of anilines is 1. The van der Waals surface area contributed by atoms with Crippen molar-refractivity contribution in [3.8, 4) is 0 Å². The highest BCUT2D eigenvalue weighted by Gasteiger charge is 2.24. The van der Waals surface area contributed by atoms with Gasteiger partial charge in [0.1, 0.15) is 0 Å². The van der Waals surface area contributed by atoms with Crippen LogP contribution in [0, 0.1) is 13.8 Å². The summed E-state index contributed by atoms with van der Waals surface area (Å²) < 4.78 is 0. The van der Waals surface area contributed by atoms with Gasteiger partial charge in [0.2, 0.25) is 5.91 Å². The average molecular weight is 403 g/mol. The molecule has 1 amide bonds. The molecule has 0 fully saturated rings. The zero-order valence-corrected chi connectivity index (χ0v) is 17.7. The van der Waals surface area contributed by atoms with Gasteiger partial charge in [-0.25, -0.2) is 0 Å². The minimum atomic E-state index is -0.0664. The second kappa shape index (κ2) is 10.7. The van der Waals surface area contributed by atoms with Crippen LogP contribution in [0.2, 0.25) is 0 Å². The van der Waals surface area contributed by atoms with E-state index in [4.69, 9.17) is 0 Å². The van der Waals surface area contributed by atoms with Crippen molar-refractivity contribution in [1.29, 1.82) is 0 Å². The maximum Gasteiger partial charge on any atom is 0.238 e. The maximum atomic E-state index is 13.0. The van der Waals surface area contributed by atoms with Crippen LogP contribution < -0.4 is 5.32 Å². The zero-order valence-electron chi connectivity index (χ0n) is 17.7. The Labute approximate surface area is 179 Å². The second-order valence-corrected chi connectivity index (χ2v) is 7.57. The number of hydrogen-bond donors (Lipinski definition) is 2. The first kappa shape index (κ1) is 21.8. The van der Waals surface area contributed by atoms with Gasteiger partial charge in [0.05, 0.1) is 12.6 Å². The molecule has 156 valence electrons. The molecular formula is C26H30N2O2. The number of aryl methyl sites for hydroxylation is 1. The second-order valence-electron chi connectivity index (χ2n) is 7.57. The number of aliphatic hydroxyl groups excluding tert-OH is 1.